The van der Waals surface area contributed by atoms with Crippen LogP contribution in [0.3, 0.4) is 0 Å². The third-order valence-electron chi connectivity index (χ3n) is 2.35. The maximum atomic E-state index is 11.7. The van der Waals surface area contributed by atoms with Crippen molar-refractivity contribution in [2.24, 2.45) is 5.73 Å². The van der Waals surface area contributed by atoms with Crippen molar-refractivity contribution < 1.29 is 21.6 Å². The van der Waals surface area contributed by atoms with E-state index in [9.17, 15) is 16.8 Å². The first-order valence-electron chi connectivity index (χ1n) is 5.53. The lowest BCUT2D eigenvalue weighted by Gasteiger charge is -2.11. The molecule has 0 radical (unpaired) electrons. The first-order valence-corrected chi connectivity index (χ1v) is 9.31. The Morgan fingerprint density at radius 2 is 1.74 bits per heavy atom. The summed E-state index contributed by atoms with van der Waals surface area (Å²) in [7, 11) is -7.04. The van der Waals surface area contributed by atoms with E-state index >= 15 is 0 Å². The Kier molecular flexibility index (Phi) is 4.94. The van der Waals surface area contributed by atoms with Crippen molar-refractivity contribution in [3.05, 3.63) is 18.2 Å². The summed E-state index contributed by atoms with van der Waals surface area (Å²) in [5.41, 5.74) is 5.32. The lowest BCUT2D eigenvalue weighted by molar-refractivity contribution is 0.305. The fourth-order valence-corrected chi connectivity index (χ4v) is 2.95. The van der Waals surface area contributed by atoms with Gasteiger partial charge in [-0.15, -0.1) is 0 Å². The maximum Gasteiger partial charge on any atom is 0.179 e. The van der Waals surface area contributed by atoms with Gasteiger partial charge in [0.25, 0.3) is 0 Å². The van der Waals surface area contributed by atoms with E-state index in [4.69, 9.17) is 10.5 Å². The molecule has 0 saturated carbocycles. The van der Waals surface area contributed by atoms with Crippen LogP contribution < -0.4 is 10.5 Å². The van der Waals surface area contributed by atoms with Gasteiger partial charge in [-0.3, -0.25) is 0 Å². The van der Waals surface area contributed by atoms with Crippen LogP contribution in [0.5, 0.6) is 5.75 Å². The molecule has 0 aliphatic carbocycles. The third-order valence-corrected chi connectivity index (χ3v) is 4.58. The van der Waals surface area contributed by atoms with E-state index in [1.165, 1.54) is 12.1 Å². The fraction of sp³-hybridized carbons (Fsp3) is 0.455. The summed E-state index contributed by atoms with van der Waals surface area (Å²) in [6.45, 7) is 0.701. The zero-order chi connectivity index (χ0) is 14.7. The van der Waals surface area contributed by atoms with Crippen LogP contribution in [-0.2, 0) is 19.7 Å². The zero-order valence-electron chi connectivity index (χ0n) is 10.8. The van der Waals surface area contributed by atoms with Gasteiger partial charge in [0.1, 0.15) is 10.6 Å². The number of benzene rings is 1. The molecule has 2 N–H and O–H groups in total. The SMILES string of the molecule is CS(=O)(=O)c1ccc(OCCCN)c(S(C)(=O)=O)c1. The van der Waals surface area contributed by atoms with Crippen molar-refractivity contribution in [2.75, 3.05) is 25.7 Å². The number of sulfone groups is 2. The van der Waals surface area contributed by atoms with Crippen LogP contribution in [0.25, 0.3) is 0 Å². The van der Waals surface area contributed by atoms with Crippen molar-refractivity contribution >= 4 is 19.7 Å². The zero-order valence-corrected chi connectivity index (χ0v) is 12.4. The van der Waals surface area contributed by atoms with Gasteiger partial charge >= 0.3 is 0 Å². The van der Waals surface area contributed by atoms with E-state index in [1.807, 2.05) is 0 Å². The Morgan fingerprint density at radius 1 is 1.11 bits per heavy atom. The summed E-state index contributed by atoms with van der Waals surface area (Å²) in [5.74, 6) is 0.142. The minimum atomic E-state index is -3.57. The Bertz CT molecular complexity index is 650. The van der Waals surface area contributed by atoms with Gasteiger partial charge in [-0.25, -0.2) is 16.8 Å². The predicted octanol–water partition coefficient (Wildman–Crippen LogP) is 0.221. The lowest BCUT2D eigenvalue weighted by Crippen LogP contribution is -2.09. The summed E-state index contributed by atoms with van der Waals surface area (Å²) in [6, 6.07) is 3.79. The Labute approximate surface area is 113 Å². The smallest absolute Gasteiger partial charge is 0.179 e. The van der Waals surface area contributed by atoms with Crippen LogP contribution in [-0.4, -0.2) is 42.5 Å². The molecule has 0 amide bonds. The average Bonchev–Trinajstić information content (AvgIpc) is 2.27. The van der Waals surface area contributed by atoms with Gasteiger partial charge in [0, 0.05) is 12.5 Å². The van der Waals surface area contributed by atoms with Crippen molar-refractivity contribution in [3.8, 4) is 5.75 Å². The van der Waals surface area contributed by atoms with Crippen molar-refractivity contribution in [3.63, 3.8) is 0 Å². The molecule has 0 aliphatic heterocycles. The first-order chi connectivity index (χ1) is 8.66. The second kappa shape index (κ2) is 5.89. The van der Waals surface area contributed by atoms with Crippen LogP contribution in [0.4, 0.5) is 0 Å². The first kappa shape index (κ1) is 15.9. The summed E-state index contributed by atoms with van der Waals surface area (Å²) >= 11 is 0. The van der Waals surface area contributed by atoms with E-state index in [2.05, 4.69) is 0 Å². The molecule has 1 aromatic carbocycles. The lowest BCUT2D eigenvalue weighted by atomic mass is 10.3. The number of hydrogen-bond acceptors (Lipinski definition) is 6. The van der Waals surface area contributed by atoms with Crippen LogP contribution in [0.1, 0.15) is 6.42 Å². The highest BCUT2D eigenvalue weighted by atomic mass is 32.2. The highest BCUT2D eigenvalue weighted by Gasteiger charge is 2.18. The minimum absolute atomic E-state index is 0.0564. The molecule has 8 heteroatoms. The van der Waals surface area contributed by atoms with Gasteiger partial charge in [-0.1, -0.05) is 0 Å². The highest BCUT2D eigenvalue weighted by molar-refractivity contribution is 7.91. The molecule has 0 saturated heterocycles. The van der Waals surface area contributed by atoms with Gasteiger partial charge in [-0.05, 0) is 31.2 Å². The number of rotatable bonds is 6. The van der Waals surface area contributed by atoms with Crippen molar-refractivity contribution in [2.45, 2.75) is 16.2 Å². The van der Waals surface area contributed by atoms with Crippen LogP contribution in [0, 0.1) is 0 Å². The van der Waals surface area contributed by atoms with Gasteiger partial charge in [0.05, 0.1) is 11.5 Å². The van der Waals surface area contributed by atoms with E-state index in [-0.39, 0.29) is 22.1 Å². The second-order valence-corrected chi connectivity index (χ2v) is 8.14. The van der Waals surface area contributed by atoms with Gasteiger partial charge < -0.3 is 10.5 Å². The van der Waals surface area contributed by atoms with E-state index in [0.29, 0.717) is 13.0 Å². The molecular formula is C11H17NO5S2. The van der Waals surface area contributed by atoms with E-state index < -0.39 is 19.7 Å². The molecule has 6 nitrogen and oxygen atoms in total. The molecule has 0 bridgehead atoms. The largest absolute Gasteiger partial charge is 0.492 e. The predicted molar refractivity (Wildman–Crippen MR) is 71.8 cm³/mol. The summed E-state index contributed by atoms with van der Waals surface area (Å²) in [6.07, 6.45) is 2.60. The molecule has 0 heterocycles. The summed E-state index contributed by atoms with van der Waals surface area (Å²) < 4.78 is 51.5. The number of nitrogens with two attached hydrogens (primary N) is 1. The normalized spacial score (nSPS) is 12.4. The topological polar surface area (TPSA) is 104 Å². The van der Waals surface area contributed by atoms with E-state index in [0.717, 1.165) is 18.6 Å². The minimum Gasteiger partial charge on any atom is -0.492 e. The van der Waals surface area contributed by atoms with Gasteiger partial charge in [0.2, 0.25) is 0 Å². The molecule has 0 unspecified atom stereocenters. The van der Waals surface area contributed by atoms with Crippen LogP contribution in [0.15, 0.2) is 28.0 Å². The molecule has 19 heavy (non-hydrogen) atoms. The second-order valence-electron chi connectivity index (χ2n) is 4.14. The molecule has 0 atom stereocenters. The molecule has 0 fully saturated rings. The molecule has 1 aromatic rings. The molecule has 1 rings (SSSR count). The summed E-state index contributed by atoms with van der Waals surface area (Å²) in [5, 5.41) is 0. The molecule has 0 aromatic heterocycles. The molecular weight excluding hydrogens is 290 g/mol. The molecule has 108 valence electrons. The van der Waals surface area contributed by atoms with Gasteiger partial charge in [-0.2, -0.15) is 0 Å². The Hall–Kier alpha value is -1.12. The number of hydrogen-bond donors (Lipinski definition) is 1. The maximum absolute atomic E-state index is 11.7. The van der Waals surface area contributed by atoms with Crippen molar-refractivity contribution in [1.29, 1.82) is 0 Å². The quantitative estimate of drug-likeness (QED) is 0.754. The van der Waals surface area contributed by atoms with E-state index in [1.54, 1.807) is 0 Å². The Morgan fingerprint density at radius 3 is 2.21 bits per heavy atom. The number of ether oxygens (including phenoxy) is 1. The molecule has 0 spiro atoms. The fourth-order valence-electron chi connectivity index (χ4n) is 1.39. The summed E-state index contributed by atoms with van der Waals surface area (Å²) in [4.78, 5) is -0.188. The third kappa shape index (κ3) is 4.48. The monoisotopic (exact) mass is 307 g/mol. The average molecular weight is 307 g/mol. The van der Waals surface area contributed by atoms with Gasteiger partial charge in [0.15, 0.2) is 19.7 Å². The molecule has 0 aliphatic rings. The Balaban J connectivity index is 3.26. The van der Waals surface area contributed by atoms with Crippen molar-refractivity contribution in [1.82, 2.24) is 0 Å². The van der Waals surface area contributed by atoms with Crippen LogP contribution >= 0.6 is 0 Å². The standard InChI is InChI=1S/C11H17NO5S2/c1-18(13,14)9-4-5-10(17-7-3-6-12)11(8-9)19(2,15)16/h4-5,8H,3,6-7,12H2,1-2H3. The highest BCUT2D eigenvalue weighted by Crippen LogP contribution is 2.27. The van der Waals surface area contributed by atoms with Crippen LogP contribution in [0.2, 0.25) is 0 Å².